The average molecular weight is 591 g/mol. The lowest BCUT2D eigenvalue weighted by Crippen LogP contribution is -2.08. The summed E-state index contributed by atoms with van der Waals surface area (Å²) in [7, 11) is 1.58. The van der Waals surface area contributed by atoms with Crippen LogP contribution in [0.4, 0.5) is 0 Å². The van der Waals surface area contributed by atoms with Crippen molar-refractivity contribution in [2.75, 3.05) is 13.9 Å². The molecule has 5 aromatic carbocycles. The van der Waals surface area contributed by atoms with Crippen LogP contribution < -0.4 is 18.9 Å². The van der Waals surface area contributed by atoms with Crippen LogP contribution in [0.2, 0.25) is 0 Å². The number of hydrogen-bond donors (Lipinski definition) is 1. The lowest BCUT2D eigenvalue weighted by Gasteiger charge is -2.20. The highest BCUT2D eigenvalue weighted by Gasteiger charge is 2.18. The molecule has 0 amide bonds. The molecule has 0 fully saturated rings. The Morgan fingerprint density at radius 2 is 1.07 bits per heavy atom. The molecule has 1 atom stereocenters. The fourth-order valence-electron chi connectivity index (χ4n) is 4.78. The molecule has 226 valence electrons. The van der Waals surface area contributed by atoms with Crippen LogP contribution in [0.5, 0.6) is 23.0 Å². The fourth-order valence-corrected chi connectivity index (χ4v) is 4.78. The van der Waals surface area contributed by atoms with E-state index < -0.39 is 6.10 Å². The number of aliphatic hydroxyl groups is 1. The van der Waals surface area contributed by atoms with Gasteiger partial charge in [0, 0.05) is 24.8 Å². The minimum absolute atomic E-state index is 0.0661. The van der Waals surface area contributed by atoms with E-state index in [0.29, 0.717) is 55.7 Å². The molecule has 0 aliphatic rings. The Bertz CT molecular complexity index is 1560. The lowest BCUT2D eigenvalue weighted by atomic mass is 9.99. The van der Waals surface area contributed by atoms with E-state index in [0.717, 1.165) is 27.8 Å². The van der Waals surface area contributed by atoms with Crippen molar-refractivity contribution in [1.29, 1.82) is 0 Å². The van der Waals surface area contributed by atoms with Crippen molar-refractivity contribution in [1.82, 2.24) is 0 Å². The van der Waals surface area contributed by atoms with Crippen molar-refractivity contribution >= 4 is 0 Å². The molecule has 6 heteroatoms. The van der Waals surface area contributed by atoms with Gasteiger partial charge >= 0.3 is 0 Å². The summed E-state index contributed by atoms with van der Waals surface area (Å²) >= 11 is 0. The van der Waals surface area contributed by atoms with Crippen LogP contribution in [0.1, 0.15) is 40.3 Å². The van der Waals surface area contributed by atoms with Crippen LogP contribution in [-0.2, 0) is 31.0 Å². The molecule has 0 bridgehead atoms. The van der Waals surface area contributed by atoms with Crippen LogP contribution in [-0.4, -0.2) is 19.0 Å². The molecule has 0 heterocycles. The van der Waals surface area contributed by atoms with Gasteiger partial charge in [-0.3, -0.25) is 0 Å². The molecule has 0 spiro atoms. The first-order valence-corrected chi connectivity index (χ1v) is 14.7. The Morgan fingerprint density at radius 1 is 0.545 bits per heavy atom. The number of methoxy groups -OCH3 is 1. The van der Waals surface area contributed by atoms with Gasteiger partial charge in [0.05, 0.1) is 6.10 Å². The van der Waals surface area contributed by atoms with Gasteiger partial charge in [-0.2, -0.15) is 0 Å². The van der Waals surface area contributed by atoms with Crippen LogP contribution in [0, 0.1) is 0 Å². The van der Waals surface area contributed by atoms with Gasteiger partial charge in [0.1, 0.15) is 42.8 Å². The maximum atomic E-state index is 11.2. The zero-order valence-corrected chi connectivity index (χ0v) is 24.9. The largest absolute Gasteiger partial charge is 0.489 e. The second-order valence-electron chi connectivity index (χ2n) is 10.4. The molecule has 1 N–H and O–H groups in total. The number of aliphatic hydroxyl groups excluding tert-OH is 1. The monoisotopic (exact) mass is 590 g/mol. The molecule has 0 radical (unpaired) electrons. The normalized spacial score (nSPS) is 11.5. The highest BCUT2D eigenvalue weighted by atomic mass is 16.7. The molecular formula is C38H38O6. The van der Waals surface area contributed by atoms with E-state index in [4.69, 9.17) is 23.7 Å². The number of ether oxygens (including phenoxy) is 5. The standard InChI is InChI=1S/C38H38O6/c1-40-28-44-38-24-34(42-26-30-14-7-3-8-15-30)23-37(43-27-31-16-9-4-10-17-31)35(38)20-21-36(39)32-18-11-19-33(22-32)41-25-29-12-5-2-6-13-29/h2-19,22-24,36,39H,20-21,25-28H2,1H3. The van der Waals surface area contributed by atoms with Gasteiger partial charge in [-0.25, -0.2) is 0 Å². The molecule has 0 aliphatic carbocycles. The Balaban J connectivity index is 1.34. The molecule has 44 heavy (non-hydrogen) atoms. The number of hydrogen-bond acceptors (Lipinski definition) is 6. The zero-order chi connectivity index (χ0) is 30.4. The molecular weight excluding hydrogens is 552 g/mol. The Kier molecular flexibility index (Phi) is 11.3. The van der Waals surface area contributed by atoms with Crippen molar-refractivity contribution in [3.63, 3.8) is 0 Å². The van der Waals surface area contributed by atoms with Crippen molar-refractivity contribution in [3.8, 4) is 23.0 Å². The first kappa shape index (κ1) is 30.7. The third-order valence-electron chi connectivity index (χ3n) is 7.12. The second-order valence-corrected chi connectivity index (χ2v) is 10.4. The van der Waals surface area contributed by atoms with E-state index in [9.17, 15) is 5.11 Å². The minimum atomic E-state index is -0.721. The second kappa shape index (κ2) is 16.2. The highest BCUT2D eigenvalue weighted by molar-refractivity contribution is 5.51. The predicted octanol–water partition coefficient (Wildman–Crippen LogP) is 8.07. The third-order valence-corrected chi connectivity index (χ3v) is 7.12. The highest BCUT2D eigenvalue weighted by Crippen LogP contribution is 2.37. The van der Waals surface area contributed by atoms with E-state index in [2.05, 4.69) is 0 Å². The number of rotatable bonds is 16. The smallest absolute Gasteiger partial charge is 0.188 e. The molecule has 1 unspecified atom stereocenters. The SMILES string of the molecule is COCOc1cc(OCc2ccccc2)cc(OCc2ccccc2)c1CCC(O)c1cccc(OCc2ccccc2)c1. The Morgan fingerprint density at radius 3 is 1.64 bits per heavy atom. The first-order chi connectivity index (χ1) is 21.7. The summed E-state index contributed by atoms with van der Waals surface area (Å²) in [6.07, 6.45) is 0.219. The van der Waals surface area contributed by atoms with Crippen LogP contribution >= 0.6 is 0 Å². The molecule has 5 aromatic rings. The fraction of sp³-hybridized carbons (Fsp3) is 0.211. The van der Waals surface area contributed by atoms with Gasteiger partial charge in [-0.05, 0) is 47.2 Å². The van der Waals surface area contributed by atoms with Crippen molar-refractivity contribution < 1.29 is 28.8 Å². The topological polar surface area (TPSA) is 66.4 Å². The summed E-state index contributed by atoms with van der Waals surface area (Å²) < 4.78 is 29.8. The quantitative estimate of drug-likeness (QED) is 0.117. The molecule has 0 saturated heterocycles. The summed E-state index contributed by atoms with van der Waals surface area (Å²) in [5.74, 6) is 2.56. The number of benzene rings is 5. The average Bonchev–Trinajstić information content (AvgIpc) is 3.08. The van der Waals surface area contributed by atoms with E-state index >= 15 is 0 Å². The van der Waals surface area contributed by atoms with Gasteiger partial charge in [-0.1, -0.05) is 103 Å². The van der Waals surface area contributed by atoms with Crippen molar-refractivity contribution in [2.24, 2.45) is 0 Å². The molecule has 0 aliphatic heterocycles. The van der Waals surface area contributed by atoms with Gasteiger partial charge in [0.15, 0.2) is 6.79 Å². The first-order valence-electron chi connectivity index (χ1n) is 14.7. The van der Waals surface area contributed by atoms with Crippen molar-refractivity contribution in [2.45, 2.75) is 38.8 Å². The van der Waals surface area contributed by atoms with Gasteiger partial charge < -0.3 is 28.8 Å². The molecule has 5 rings (SSSR count). The predicted molar refractivity (Wildman–Crippen MR) is 171 cm³/mol. The van der Waals surface area contributed by atoms with E-state index in [1.807, 2.05) is 127 Å². The van der Waals surface area contributed by atoms with E-state index in [-0.39, 0.29) is 6.79 Å². The van der Waals surface area contributed by atoms with Crippen molar-refractivity contribution in [3.05, 3.63) is 155 Å². The van der Waals surface area contributed by atoms with Gasteiger partial charge in [0.25, 0.3) is 0 Å². The van der Waals surface area contributed by atoms with Gasteiger partial charge in [-0.15, -0.1) is 0 Å². The van der Waals surface area contributed by atoms with E-state index in [1.54, 1.807) is 7.11 Å². The Labute approximate surface area is 259 Å². The summed E-state index contributed by atoms with van der Waals surface area (Å²) in [6.45, 7) is 1.31. The molecule has 0 aromatic heterocycles. The van der Waals surface area contributed by atoms with Crippen LogP contribution in [0.25, 0.3) is 0 Å². The van der Waals surface area contributed by atoms with Gasteiger partial charge in [0.2, 0.25) is 0 Å². The Hall–Kier alpha value is -4.78. The minimum Gasteiger partial charge on any atom is -0.489 e. The zero-order valence-electron chi connectivity index (χ0n) is 24.9. The summed E-state index contributed by atoms with van der Waals surface area (Å²) in [5, 5.41) is 11.2. The lowest BCUT2D eigenvalue weighted by molar-refractivity contribution is 0.0497. The van der Waals surface area contributed by atoms with E-state index in [1.165, 1.54) is 0 Å². The maximum absolute atomic E-state index is 11.2. The summed E-state index contributed by atoms with van der Waals surface area (Å²) in [4.78, 5) is 0. The molecule has 0 saturated carbocycles. The van der Waals surface area contributed by atoms with Crippen LogP contribution in [0.3, 0.4) is 0 Å². The summed E-state index contributed by atoms with van der Waals surface area (Å²) in [5.41, 5.74) is 4.80. The summed E-state index contributed by atoms with van der Waals surface area (Å²) in [6, 6.07) is 41.4. The maximum Gasteiger partial charge on any atom is 0.188 e. The molecule has 6 nitrogen and oxygen atoms in total. The van der Waals surface area contributed by atoms with Crippen LogP contribution in [0.15, 0.2) is 127 Å². The third kappa shape index (κ3) is 9.11.